The maximum absolute atomic E-state index is 11.8. The molecule has 0 aliphatic rings. The Kier molecular flexibility index (Phi) is 5.03. The number of rotatable bonds is 5. The number of nitrogens with one attached hydrogen (secondary N) is 1. The van der Waals surface area contributed by atoms with Gasteiger partial charge < -0.3 is 11.1 Å². The van der Waals surface area contributed by atoms with Crippen LogP contribution in [-0.4, -0.2) is 16.8 Å². The van der Waals surface area contributed by atoms with E-state index in [0.717, 1.165) is 23.0 Å². The molecule has 3 N–H and O–H groups in total. The number of carbonyl (C=O) groups excluding carboxylic acids is 2. The van der Waals surface area contributed by atoms with Gasteiger partial charge in [0.1, 0.15) is 0 Å². The van der Waals surface area contributed by atoms with Crippen molar-refractivity contribution in [3.8, 4) is 11.3 Å². The zero-order valence-corrected chi connectivity index (χ0v) is 12.2. The van der Waals surface area contributed by atoms with Crippen molar-refractivity contribution < 1.29 is 9.59 Å². The minimum absolute atomic E-state index is 0.270. The van der Waals surface area contributed by atoms with Crippen LogP contribution in [0, 0.1) is 0 Å². The fraction of sp³-hybridized carbons (Fsp3) is 0.118. The van der Waals surface area contributed by atoms with E-state index in [1.807, 2.05) is 48.5 Å². The largest absolute Gasteiger partial charge is 0.366 e. The Labute approximate surface area is 128 Å². The van der Waals surface area contributed by atoms with Crippen molar-refractivity contribution in [3.63, 3.8) is 0 Å². The van der Waals surface area contributed by atoms with Gasteiger partial charge >= 0.3 is 0 Å². The van der Waals surface area contributed by atoms with Gasteiger partial charge in [0.2, 0.25) is 11.8 Å². The second-order valence-corrected chi connectivity index (χ2v) is 4.79. The van der Waals surface area contributed by atoms with Gasteiger partial charge in [-0.2, -0.15) is 0 Å². The Morgan fingerprint density at radius 1 is 1.14 bits per heavy atom. The summed E-state index contributed by atoms with van der Waals surface area (Å²) in [6.07, 6.45) is 1.10. The molecule has 2 amide bonds. The molecule has 0 radical (unpaired) electrons. The predicted octanol–water partition coefficient (Wildman–Crippen LogP) is 1.80. The van der Waals surface area contributed by atoms with E-state index in [1.165, 1.54) is 6.92 Å². The molecule has 5 heteroatoms. The molecule has 2 rings (SSSR count). The third-order valence-electron chi connectivity index (χ3n) is 3.02. The lowest BCUT2D eigenvalue weighted by Gasteiger charge is -2.07. The van der Waals surface area contributed by atoms with Gasteiger partial charge in [0.05, 0.1) is 17.9 Å². The highest BCUT2D eigenvalue weighted by Crippen LogP contribution is 2.16. The van der Waals surface area contributed by atoms with Crippen LogP contribution in [0.4, 0.5) is 0 Å². The highest BCUT2D eigenvalue weighted by Gasteiger charge is 2.06. The Morgan fingerprint density at radius 3 is 2.55 bits per heavy atom. The van der Waals surface area contributed by atoms with Crippen LogP contribution >= 0.6 is 0 Å². The Morgan fingerprint density at radius 2 is 1.86 bits per heavy atom. The molecule has 0 saturated heterocycles. The van der Waals surface area contributed by atoms with Gasteiger partial charge in [-0.05, 0) is 19.1 Å². The highest BCUT2D eigenvalue weighted by atomic mass is 16.2. The smallest absolute Gasteiger partial charge is 0.247 e. The summed E-state index contributed by atoms with van der Waals surface area (Å²) in [6.45, 7) is 1.82. The van der Waals surface area contributed by atoms with Gasteiger partial charge in [-0.3, -0.25) is 14.6 Å². The molecule has 0 spiro atoms. The lowest BCUT2D eigenvalue weighted by atomic mass is 10.1. The number of nitrogens with two attached hydrogens (primary N) is 1. The zero-order chi connectivity index (χ0) is 15.9. The summed E-state index contributed by atoms with van der Waals surface area (Å²) >= 11 is 0. The molecule has 1 heterocycles. The van der Waals surface area contributed by atoms with Crippen molar-refractivity contribution in [3.05, 3.63) is 65.9 Å². The standard InChI is InChI=1S/C17H17N3O2/c1-12(10-16(18)21)17(22)19-11-14-8-5-9-15(20-14)13-6-3-2-4-7-13/h2-10H,11H2,1H3,(H2,18,21)(H,19,22)/b12-10+. The molecule has 2 aromatic rings. The van der Waals surface area contributed by atoms with Crippen LogP contribution in [0.5, 0.6) is 0 Å². The number of benzene rings is 1. The molecule has 0 bridgehead atoms. The van der Waals surface area contributed by atoms with E-state index in [1.54, 1.807) is 0 Å². The minimum atomic E-state index is -0.642. The van der Waals surface area contributed by atoms with Crippen LogP contribution in [0.15, 0.2) is 60.2 Å². The first-order valence-electron chi connectivity index (χ1n) is 6.83. The fourth-order valence-electron chi connectivity index (χ4n) is 1.94. The van der Waals surface area contributed by atoms with Crippen LogP contribution in [0.25, 0.3) is 11.3 Å². The lowest BCUT2D eigenvalue weighted by molar-refractivity contribution is -0.118. The monoisotopic (exact) mass is 295 g/mol. The van der Waals surface area contributed by atoms with Crippen LogP contribution in [-0.2, 0) is 16.1 Å². The van der Waals surface area contributed by atoms with E-state index in [4.69, 9.17) is 5.73 Å². The molecule has 1 aromatic heterocycles. The molecule has 112 valence electrons. The summed E-state index contributed by atoms with van der Waals surface area (Å²) in [5.41, 5.74) is 7.88. The average molecular weight is 295 g/mol. The van der Waals surface area contributed by atoms with E-state index in [2.05, 4.69) is 10.3 Å². The molecule has 0 unspecified atom stereocenters. The molecule has 0 saturated carbocycles. The van der Waals surface area contributed by atoms with Crippen LogP contribution in [0.3, 0.4) is 0 Å². The van der Waals surface area contributed by atoms with Crippen molar-refractivity contribution in [2.45, 2.75) is 13.5 Å². The number of primary amides is 1. The summed E-state index contributed by atoms with van der Waals surface area (Å²) in [6, 6.07) is 15.4. The molecule has 1 aromatic carbocycles. The second-order valence-electron chi connectivity index (χ2n) is 4.79. The third kappa shape index (κ3) is 4.28. The first-order chi connectivity index (χ1) is 10.6. The van der Waals surface area contributed by atoms with Crippen molar-refractivity contribution in [1.82, 2.24) is 10.3 Å². The highest BCUT2D eigenvalue weighted by molar-refractivity contribution is 5.99. The Hall–Kier alpha value is -2.95. The van der Waals surface area contributed by atoms with E-state index in [0.29, 0.717) is 0 Å². The fourth-order valence-corrected chi connectivity index (χ4v) is 1.94. The van der Waals surface area contributed by atoms with Gasteiger partial charge in [-0.25, -0.2) is 0 Å². The summed E-state index contributed by atoms with van der Waals surface area (Å²) in [5, 5.41) is 2.71. The van der Waals surface area contributed by atoms with E-state index < -0.39 is 5.91 Å². The number of pyridine rings is 1. The maximum atomic E-state index is 11.8. The van der Waals surface area contributed by atoms with E-state index in [-0.39, 0.29) is 18.0 Å². The van der Waals surface area contributed by atoms with Gasteiger partial charge in [-0.15, -0.1) is 0 Å². The number of aromatic nitrogens is 1. The maximum Gasteiger partial charge on any atom is 0.247 e. The van der Waals surface area contributed by atoms with Gasteiger partial charge in [0.25, 0.3) is 0 Å². The van der Waals surface area contributed by atoms with E-state index in [9.17, 15) is 9.59 Å². The molecule has 22 heavy (non-hydrogen) atoms. The summed E-state index contributed by atoms with van der Waals surface area (Å²) in [7, 11) is 0. The Bertz CT molecular complexity index is 709. The van der Waals surface area contributed by atoms with Gasteiger partial charge in [0, 0.05) is 17.2 Å². The average Bonchev–Trinajstić information content (AvgIpc) is 2.53. The third-order valence-corrected chi connectivity index (χ3v) is 3.02. The van der Waals surface area contributed by atoms with Crippen LogP contribution < -0.4 is 11.1 Å². The molecule has 0 aliphatic carbocycles. The van der Waals surface area contributed by atoms with Gasteiger partial charge in [-0.1, -0.05) is 36.4 Å². The zero-order valence-electron chi connectivity index (χ0n) is 12.2. The number of amides is 2. The first kappa shape index (κ1) is 15.4. The van der Waals surface area contributed by atoms with Crippen molar-refractivity contribution in [2.75, 3.05) is 0 Å². The number of hydrogen-bond acceptors (Lipinski definition) is 3. The quantitative estimate of drug-likeness (QED) is 0.825. The molecular weight excluding hydrogens is 278 g/mol. The molecule has 0 atom stereocenters. The van der Waals surface area contributed by atoms with Crippen molar-refractivity contribution >= 4 is 11.8 Å². The Balaban J connectivity index is 2.06. The molecular formula is C17H17N3O2. The summed E-state index contributed by atoms with van der Waals surface area (Å²) in [4.78, 5) is 27.0. The molecule has 0 aliphatic heterocycles. The first-order valence-corrected chi connectivity index (χ1v) is 6.83. The number of nitrogens with zero attached hydrogens (tertiary/aromatic N) is 1. The topological polar surface area (TPSA) is 85.1 Å². The lowest BCUT2D eigenvalue weighted by Crippen LogP contribution is -2.25. The van der Waals surface area contributed by atoms with Crippen molar-refractivity contribution in [1.29, 1.82) is 0 Å². The summed E-state index contributed by atoms with van der Waals surface area (Å²) < 4.78 is 0. The molecule has 0 fully saturated rings. The van der Waals surface area contributed by atoms with Crippen LogP contribution in [0.2, 0.25) is 0 Å². The predicted molar refractivity (Wildman–Crippen MR) is 84.5 cm³/mol. The molecule has 5 nitrogen and oxygen atoms in total. The second kappa shape index (κ2) is 7.17. The van der Waals surface area contributed by atoms with E-state index >= 15 is 0 Å². The minimum Gasteiger partial charge on any atom is -0.366 e. The van der Waals surface area contributed by atoms with Crippen LogP contribution in [0.1, 0.15) is 12.6 Å². The summed E-state index contributed by atoms with van der Waals surface area (Å²) in [5.74, 6) is -0.984. The normalized spacial score (nSPS) is 11.0. The number of hydrogen-bond donors (Lipinski definition) is 2. The van der Waals surface area contributed by atoms with Crippen molar-refractivity contribution in [2.24, 2.45) is 5.73 Å². The number of carbonyl (C=O) groups is 2. The van der Waals surface area contributed by atoms with Gasteiger partial charge in [0.15, 0.2) is 0 Å². The SMILES string of the molecule is C/C(=C\C(N)=O)C(=O)NCc1cccc(-c2ccccc2)n1.